The number of aliphatic hydroxyl groups is 1. The van der Waals surface area contributed by atoms with E-state index in [0.717, 1.165) is 6.29 Å². The average molecular weight is 174 g/mol. The number of benzene rings is 1. The van der Waals surface area contributed by atoms with Crippen molar-refractivity contribution in [3.8, 4) is 11.8 Å². The van der Waals surface area contributed by atoms with E-state index in [-0.39, 0.29) is 0 Å². The summed E-state index contributed by atoms with van der Waals surface area (Å²) >= 11 is 0. The maximum atomic E-state index is 10.3. The third kappa shape index (κ3) is 2.43. The van der Waals surface area contributed by atoms with Gasteiger partial charge in [-0.1, -0.05) is 30.2 Å². The summed E-state index contributed by atoms with van der Waals surface area (Å²) in [5.74, 6) is 5.24. The standard InChI is InChI=1S/C11H10O2/c1-2-3-11(13)10-6-4-9(8-12)5-7-10/h4-8,11,13H,1H3. The van der Waals surface area contributed by atoms with Crippen molar-refractivity contribution in [3.05, 3.63) is 35.4 Å². The molecule has 66 valence electrons. The van der Waals surface area contributed by atoms with Gasteiger partial charge in [-0.15, -0.1) is 5.92 Å². The van der Waals surface area contributed by atoms with Gasteiger partial charge in [0.2, 0.25) is 0 Å². The van der Waals surface area contributed by atoms with Crippen LogP contribution in [0.4, 0.5) is 0 Å². The smallest absolute Gasteiger partial charge is 0.150 e. The minimum Gasteiger partial charge on any atom is -0.376 e. The number of rotatable bonds is 2. The number of hydrogen-bond acceptors (Lipinski definition) is 2. The third-order valence-corrected chi connectivity index (χ3v) is 1.67. The minimum absolute atomic E-state index is 0.598. The van der Waals surface area contributed by atoms with Crippen molar-refractivity contribution >= 4 is 6.29 Å². The molecule has 2 nitrogen and oxygen atoms in total. The molecule has 1 rings (SSSR count). The Morgan fingerprint density at radius 2 is 2.00 bits per heavy atom. The Morgan fingerprint density at radius 1 is 1.38 bits per heavy atom. The predicted molar refractivity (Wildman–Crippen MR) is 50.2 cm³/mol. The fourth-order valence-electron chi connectivity index (χ4n) is 0.977. The Bertz CT molecular complexity index is 341. The Hall–Kier alpha value is -1.59. The van der Waals surface area contributed by atoms with Gasteiger partial charge < -0.3 is 5.11 Å². The number of aldehydes is 1. The van der Waals surface area contributed by atoms with Crippen LogP contribution in [0.3, 0.4) is 0 Å². The molecule has 0 aromatic heterocycles. The summed E-state index contributed by atoms with van der Waals surface area (Å²) in [5, 5.41) is 9.42. The van der Waals surface area contributed by atoms with E-state index in [1.165, 1.54) is 0 Å². The van der Waals surface area contributed by atoms with Crippen LogP contribution in [0, 0.1) is 11.8 Å². The van der Waals surface area contributed by atoms with Crippen molar-refractivity contribution in [1.82, 2.24) is 0 Å². The first-order chi connectivity index (χ1) is 6.27. The van der Waals surface area contributed by atoms with Gasteiger partial charge in [-0.05, 0) is 12.5 Å². The largest absolute Gasteiger partial charge is 0.376 e. The van der Waals surface area contributed by atoms with Gasteiger partial charge in [-0.2, -0.15) is 0 Å². The first-order valence-corrected chi connectivity index (χ1v) is 3.93. The van der Waals surface area contributed by atoms with Gasteiger partial charge in [-0.3, -0.25) is 4.79 Å². The zero-order valence-corrected chi connectivity index (χ0v) is 7.32. The lowest BCUT2D eigenvalue weighted by Crippen LogP contribution is -1.93. The molecule has 1 atom stereocenters. The lowest BCUT2D eigenvalue weighted by molar-refractivity contribution is 0.112. The Labute approximate surface area is 77.2 Å². The maximum absolute atomic E-state index is 10.3. The molecule has 13 heavy (non-hydrogen) atoms. The van der Waals surface area contributed by atoms with Crippen molar-refractivity contribution in [3.63, 3.8) is 0 Å². The molecule has 0 amide bonds. The van der Waals surface area contributed by atoms with E-state index in [1.807, 2.05) is 0 Å². The number of aliphatic hydroxyl groups excluding tert-OH is 1. The topological polar surface area (TPSA) is 37.3 Å². The van der Waals surface area contributed by atoms with Gasteiger partial charge in [0.05, 0.1) is 0 Å². The highest BCUT2D eigenvalue weighted by atomic mass is 16.3. The van der Waals surface area contributed by atoms with E-state index in [2.05, 4.69) is 11.8 Å². The SMILES string of the molecule is CC#CC(O)c1ccc(C=O)cc1. The maximum Gasteiger partial charge on any atom is 0.150 e. The molecule has 0 aliphatic carbocycles. The zero-order chi connectivity index (χ0) is 9.68. The highest BCUT2D eigenvalue weighted by Gasteiger charge is 2.01. The molecule has 0 heterocycles. The molecule has 0 fully saturated rings. The molecular weight excluding hydrogens is 164 g/mol. The van der Waals surface area contributed by atoms with Crippen molar-refractivity contribution in [2.24, 2.45) is 0 Å². The van der Waals surface area contributed by atoms with E-state index < -0.39 is 6.10 Å². The molecule has 0 radical (unpaired) electrons. The Balaban J connectivity index is 2.89. The number of carbonyl (C=O) groups is 1. The van der Waals surface area contributed by atoms with E-state index >= 15 is 0 Å². The molecule has 0 saturated carbocycles. The third-order valence-electron chi connectivity index (χ3n) is 1.67. The van der Waals surface area contributed by atoms with Crippen LogP contribution in [0.25, 0.3) is 0 Å². The molecule has 1 aromatic carbocycles. The van der Waals surface area contributed by atoms with Crippen LogP contribution in [0.2, 0.25) is 0 Å². The minimum atomic E-state index is -0.759. The van der Waals surface area contributed by atoms with Gasteiger partial charge in [0.15, 0.2) is 0 Å². The number of hydrogen-bond donors (Lipinski definition) is 1. The average Bonchev–Trinajstić information content (AvgIpc) is 2.18. The lowest BCUT2D eigenvalue weighted by Gasteiger charge is -2.02. The van der Waals surface area contributed by atoms with Gasteiger partial charge in [-0.25, -0.2) is 0 Å². The predicted octanol–water partition coefficient (Wildman–Crippen LogP) is 1.56. The Kier molecular flexibility index (Phi) is 3.24. The molecular formula is C11H10O2. The van der Waals surface area contributed by atoms with Crippen LogP contribution in [-0.2, 0) is 0 Å². The monoisotopic (exact) mass is 174 g/mol. The first kappa shape index (κ1) is 9.50. The quantitative estimate of drug-likeness (QED) is 0.545. The van der Waals surface area contributed by atoms with Crippen molar-refractivity contribution in [1.29, 1.82) is 0 Å². The molecule has 1 unspecified atom stereocenters. The van der Waals surface area contributed by atoms with Gasteiger partial charge in [0.25, 0.3) is 0 Å². The van der Waals surface area contributed by atoms with Crippen LogP contribution < -0.4 is 0 Å². The second-order valence-corrected chi connectivity index (χ2v) is 2.58. The van der Waals surface area contributed by atoms with E-state index in [9.17, 15) is 9.90 Å². The van der Waals surface area contributed by atoms with Gasteiger partial charge in [0, 0.05) is 5.56 Å². The van der Waals surface area contributed by atoms with Crippen LogP contribution in [0.5, 0.6) is 0 Å². The van der Waals surface area contributed by atoms with Crippen LogP contribution in [0.15, 0.2) is 24.3 Å². The lowest BCUT2D eigenvalue weighted by atomic mass is 10.1. The summed E-state index contributed by atoms with van der Waals surface area (Å²) in [5.41, 5.74) is 1.31. The van der Waals surface area contributed by atoms with E-state index in [4.69, 9.17) is 0 Å². The first-order valence-electron chi connectivity index (χ1n) is 3.93. The van der Waals surface area contributed by atoms with Crippen LogP contribution in [0.1, 0.15) is 28.9 Å². The summed E-state index contributed by atoms with van der Waals surface area (Å²) in [6.45, 7) is 1.67. The zero-order valence-electron chi connectivity index (χ0n) is 7.32. The summed E-state index contributed by atoms with van der Waals surface area (Å²) in [4.78, 5) is 10.3. The van der Waals surface area contributed by atoms with E-state index in [1.54, 1.807) is 31.2 Å². The van der Waals surface area contributed by atoms with Crippen LogP contribution in [-0.4, -0.2) is 11.4 Å². The fourth-order valence-corrected chi connectivity index (χ4v) is 0.977. The highest BCUT2D eigenvalue weighted by molar-refractivity contribution is 5.74. The van der Waals surface area contributed by atoms with Gasteiger partial charge in [0.1, 0.15) is 12.4 Å². The Morgan fingerprint density at radius 3 is 2.46 bits per heavy atom. The molecule has 0 aliphatic heterocycles. The molecule has 2 heteroatoms. The molecule has 1 N–H and O–H groups in total. The van der Waals surface area contributed by atoms with Crippen molar-refractivity contribution < 1.29 is 9.90 Å². The molecule has 0 spiro atoms. The molecule has 0 aliphatic rings. The fraction of sp³-hybridized carbons (Fsp3) is 0.182. The normalized spacial score (nSPS) is 11.2. The molecule has 0 saturated heterocycles. The van der Waals surface area contributed by atoms with Gasteiger partial charge >= 0.3 is 0 Å². The molecule has 0 bridgehead atoms. The second kappa shape index (κ2) is 4.44. The summed E-state index contributed by atoms with van der Waals surface area (Å²) in [7, 11) is 0. The van der Waals surface area contributed by atoms with Crippen molar-refractivity contribution in [2.45, 2.75) is 13.0 Å². The summed E-state index contributed by atoms with van der Waals surface area (Å²) in [6.07, 6.45) is 0.00693. The summed E-state index contributed by atoms with van der Waals surface area (Å²) < 4.78 is 0. The van der Waals surface area contributed by atoms with E-state index in [0.29, 0.717) is 11.1 Å². The summed E-state index contributed by atoms with van der Waals surface area (Å²) in [6, 6.07) is 6.70. The number of carbonyl (C=O) groups excluding carboxylic acids is 1. The highest BCUT2D eigenvalue weighted by Crippen LogP contribution is 2.11. The second-order valence-electron chi connectivity index (χ2n) is 2.58. The van der Waals surface area contributed by atoms with Crippen LogP contribution >= 0.6 is 0 Å². The molecule has 1 aromatic rings. The van der Waals surface area contributed by atoms with Crippen molar-refractivity contribution in [2.75, 3.05) is 0 Å².